The molecular formula is C10H12N2O6S. The lowest BCUT2D eigenvalue weighted by Gasteiger charge is -2.13. The molecule has 0 aromatic carbocycles. The van der Waals surface area contributed by atoms with Crippen molar-refractivity contribution in [2.75, 3.05) is 5.75 Å². The van der Waals surface area contributed by atoms with Gasteiger partial charge in [0.15, 0.2) is 10.8 Å². The number of pyridine rings is 1. The first-order chi connectivity index (χ1) is 8.82. The number of nitrogens with zero attached hydrogens (tertiary/aromatic N) is 2. The number of hydrogen-bond acceptors (Lipinski definition) is 8. The number of nitro groups is 1. The van der Waals surface area contributed by atoms with Gasteiger partial charge in [-0.3, -0.25) is 4.79 Å². The van der Waals surface area contributed by atoms with Crippen LogP contribution in [-0.4, -0.2) is 42.2 Å². The Balaban J connectivity index is 2.87. The van der Waals surface area contributed by atoms with Gasteiger partial charge in [0.2, 0.25) is 5.75 Å². The zero-order valence-corrected chi connectivity index (χ0v) is 10.7. The molecule has 0 radical (unpaired) electrons. The monoisotopic (exact) mass is 288 g/mol. The van der Waals surface area contributed by atoms with Crippen LogP contribution >= 0.6 is 11.8 Å². The Labute approximate surface area is 112 Å². The maximum absolute atomic E-state index is 10.7. The fraction of sp³-hybridized carbons (Fsp3) is 0.400. The highest BCUT2D eigenvalue weighted by Gasteiger charge is 2.27. The molecule has 8 nitrogen and oxygen atoms in total. The highest BCUT2D eigenvalue weighted by atomic mass is 32.2. The molecule has 104 valence electrons. The van der Waals surface area contributed by atoms with Crippen molar-refractivity contribution in [1.82, 2.24) is 4.98 Å². The predicted molar refractivity (Wildman–Crippen MR) is 66.7 cm³/mol. The van der Waals surface area contributed by atoms with Crippen molar-refractivity contribution in [1.29, 1.82) is 0 Å². The molecule has 2 unspecified atom stereocenters. The second kappa shape index (κ2) is 6.45. The number of thioether (sulfide) groups is 1. The van der Waals surface area contributed by atoms with Gasteiger partial charge in [-0.2, -0.15) is 0 Å². The number of carbonyl (C=O) groups is 1. The zero-order valence-electron chi connectivity index (χ0n) is 9.89. The van der Waals surface area contributed by atoms with Gasteiger partial charge in [-0.05, 0) is 22.0 Å². The molecule has 0 bridgehead atoms. The van der Waals surface area contributed by atoms with E-state index in [9.17, 15) is 30.2 Å². The summed E-state index contributed by atoms with van der Waals surface area (Å²) in [6, 6.07) is 2.17. The third-order valence-electron chi connectivity index (χ3n) is 2.17. The second-order valence-corrected chi connectivity index (χ2v) is 4.85. The molecule has 1 heterocycles. The molecule has 0 aliphatic carbocycles. The number of aromatic nitrogens is 1. The molecule has 0 saturated heterocycles. The van der Waals surface area contributed by atoms with Crippen molar-refractivity contribution in [3.63, 3.8) is 0 Å². The maximum atomic E-state index is 10.7. The van der Waals surface area contributed by atoms with Gasteiger partial charge in [0.05, 0.1) is 6.10 Å². The Morgan fingerprint density at radius 3 is 2.68 bits per heavy atom. The number of aliphatic hydroxyl groups excluding tert-OH is 2. The molecule has 19 heavy (non-hydrogen) atoms. The summed E-state index contributed by atoms with van der Waals surface area (Å²) in [4.78, 5) is 23.9. The molecule has 0 aliphatic rings. The molecular weight excluding hydrogens is 276 g/mol. The van der Waals surface area contributed by atoms with Crippen LogP contribution in [0.15, 0.2) is 12.1 Å². The smallest absolute Gasteiger partial charge is 0.406 e. The van der Waals surface area contributed by atoms with E-state index in [-0.39, 0.29) is 16.6 Å². The van der Waals surface area contributed by atoms with Crippen molar-refractivity contribution in [2.24, 2.45) is 0 Å². The summed E-state index contributed by atoms with van der Waals surface area (Å²) in [6.45, 7) is 1.31. The van der Waals surface area contributed by atoms with Crippen molar-refractivity contribution >= 4 is 22.7 Å². The standard InChI is InChI=1S/C10H12N2O6S/c1-5(13)19-4-8(15)9(16)6-2-3-7(14)10(11-6)12(17)18/h2-3,8-9,14-16H,4H2,1H3. The first-order valence-electron chi connectivity index (χ1n) is 5.16. The summed E-state index contributed by atoms with van der Waals surface area (Å²) in [5, 5.41) is 38.9. The first-order valence-corrected chi connectivity index (χ1v) is 6.15. The van der Waals surface area contributed by atoms with E-state index >= 15 is 0 Å². The molecule has 1 aromatic rings. The number of rotatable bonds is 5. The van der Waals surface area contributed by atoms with Gasteiger partial charge in [-0.1, -0.05) is 11.8 Å². The summed E-state index contributed by atoms with van der Waals surface area (Å²) in [7, 11) is 0. The van der Waals surface area contributed by atoms with E-state index < -0.39 is 28.7 Å². The molecule has 0 aliphatic heterocycles. The van der Waals surface area contributed by atoms with Gasteiger partial charge in [0, 0.05) is 12.7 Å². The van der Waals surface area contributed by atoms with E-state index in [0.29, 0.717) is 0 Å². The Morgan fingerprint density at radius 1 is 1.53 bits per heavy atom. The lowest BCUT2D eigenvalue weighted by atomic mass is 10.1. The van der Waals surface area contributed by atoms with Gasteiger partial charge in [0.25, 0.3) is 0 Å². The zero-order chi connectivity index (χ0) is 14.6. The normalized spacial score (nSPS) is 13.8. The molecule has 1 aromatic heterocycles. The van der Waals surface area contributed by atoms with Gasteiger partial charge in [-0.15, -0.1) is 0 Å². The summed E-state index contributed by atoms with van der Waals surface area (Å²) in [5.41, 5.74) is -0.152. The third kappa shape index (κ3) is 4.16. The van der Waals surface area contributed by atoms with Crippen LogP contribution in [0.4, 0.5) is 5.82 Å². The Bertz CT molecular complexity index is 495. The Morgan fingerprint density at radius 2 is 2.16 bits per heavy atom. The molecule has 0 amide bonds. The molecule has 0 fully saturated rings. The minimum Gasteiger partial charge on any atom is -0.501 e. The van der Waals surface area contributed by atoms with Crippen LogP contribution in [0.1, 0.15) is 18.7 Å². The van der Waals surface area contributed by atoms with Crippen LogP contribution < -0.4 is 0 Å². The second-order valence-electron chi connectivity index (χ2n) is 3.65. The Hall–Kier alpha value is -1.71. The summed E-state index contributed by atoms with van der Waals surface area (Å²) in [5.74, 6) is -1.50. The Kier molecular flexibility index (Phi) is 5.21. The van der Waals surface area contributed by atoms with Crippen molar-refractivity contribution in [2.45, 2.75) is 19.1 Å². The molecule has 9 heteroatoms. The fourth-order valence-corrected chi connectivity index (χ4v) is 1.83. The fourth-order valence-electron chi connectivity index (χ4n) is 1.25. The molecule has 1 rings (SSSR count). The highest BCUT2D eigenvalue weighted by molar-refractivity contribution is 8.13. The minimum atomic E-state index is -1.48. The maximum Gasteiger partial charge on any atom is 0.406 e. The largest absolute Gasteiger partial charge is 0.501 e. The average molecular weight is 288 g/mol. The molecule has 3 N–H and O–H groups in total. The number of aliphatic hydroxyl groups is 2. The van der Waals surface area contributed by atoms with E-state index in [1.165, 1.54) is 6.92 Å². The van der Waals surface area contributed by atoms with Crippen molar-refractivity contribution in [3.8, 4) is 5.75 Å². The highest BCUT2D eigenvalue weighted by Crippen LogP contribution is 2.26. The van der Waals surface area contributed by atoms with E-state index in [4.69, 9.17) is 0 Å². The van der Waals surface area contributed by atoms with E-state index in [1.54, 1.807) is 0 Å². The van der Waals surface area contributed by atoms with Crippen molar-refractivity contribution < 1.29 is 25.0 Å². The average Bonchev–Trinajstić information content (AvgIpc) is 2.35. The SMILES string of the molecule is CC(=O)SCC(O)C(O)c1ccc(O)c([N+](=O)[O-])n1. The van der Waals surface area contributed by atoms with Crippen LogP contribution in [0.2, 0.25) is 0 Å². The number of carbonyl (C=O) groups excluding carboxylic acids is 1. The minimum absolute atomic E-state index is 0.0626. The van der Waals surface area contributed by atoms with Crippen molar-refractivity contribution in [3.05, 3.63) is 27.9 Å². The predicted octanol–water partition coefficient (Wildman–Crippen LogP) is 0.369. The van der Waals surface area contributed by atoms with Crippen LogP contribution in [0, 0.1) is 10.1 Å². The molecule has 2 atom stereocenters. The van der Waals surface area contributed by atoms with E-state index in [0.717, 1.165) is 23.9 Å². The van der Waals surface area contributed by atoms with Gasteiger partial charge >= 0.3 is 5.82 Å². The third-order valence-corrected chi connectivity index (χ3v) is 3.09. The summed E-state index contributed by atoms with van der Waals surface area (Å²) >= 11 is 0.816. The lowest BCUT2D eigenvalue weighted by Crippen LogP contribution is -2.22. The summed E-state index contributed by atoms with van der Waals surface area (Å²) in [6.07, 6.45) is -2.78. The quantitative estimate of drug-likeness (QED) is 0.522. The number of hydrogen-bond donors (Lipinski definition) is 3. The van der Waals surface area contributed by atoms with E-state index in [1.807, 2.05) is 0 Å². The van der Waals surface area contributed by atoms with Crippen LogP contribution in [0.25, 0.3) is 0 Å². The van der Waals surface area contributed by atoms with Crippen LogP contribution in [0.3, 0.4) is 0 Å². The van der Waals surface area contributed by atoms with Gasteiger partial charge < -0.3 is 25.4 Å². The van der Waals surface area contributed by atoms with Crippen LogP contribution in [0.5, 0.6) is 5.75 Å². The summed E-state index contributed by atoms with van der Waals surface area (Å²) < 4.78 is 0. The van der Waals surface area contributed by atoms with E-state index in [2.05, 4.69) is 4.98 Å². The molecule has 0 spiro atoms. The number of aromatic hydroxyl groups is 1. The molecule has 0 saturated carbocycles. The van der Waals surface area contributed by atoms with Crippen LogP contribution in [-0.2, 0) is 4.79 Å². The first kappa shape index (κ1) is 15.3. The topological polar surface area (TPSA) is 134 Å². The van der Waals surface area contributed by atoms with Gasteiger partial charge in [0.1, 0.15) is 6.10 Å². The van der Waals surface area contributed by atoms with Gasteiger partial charge in [-0.25, -0.2) is 0 Å². The lowest BCUT2D eigenvalue weighted by molar-refractivity contribution is -0.390.